The summed E-state index contributed by atoms with van der Waals surface area (Å²) in [5.74, 6) is 1.89. The van der Waals surface area contributed by atoms with Crippen molar-refractivity contribution >= 4 is 0 Å². The largest absolute Gasteiger partial charge is 0.497 e. The molecule has 112 valence electrons. The van der Waals surface area contributed by atoms with E-state index < -0.39 is 0 Å². The molecule has 0 amide bonds. The van der Waals surface area contributed by atoms with Crippen LogP contribution in [-0.4, -0.2) is 19.8 Å². The van der Waals surface area contributed by atoms with Crippen LogP contribution in [0.5, 0.6) is 11.5 Å². The van der Waals surface area contributed by atoms with Gasteiger partial charge < -0.3 is 15.2 Å². The Morgan fingerprint density at radius 1 is 1.00 bits per heavy atom. The summed E-state index contributed by atoms with van der Waals surface area (Å²) in [6.07, 6.45) is 0.963. The van der Waals surface area contributed by atoms with E-state index in [1.54, 1.807) is 7.11 Å². The van der Waals surface area contributed by atoms with Crippen molar-refractivity contribution in [2.24, 2.45) is 11.7 Å². The summed E-state index contributed by atoms with van der Waals surface area (Å²) in [6, 6.07) is 18.0. The van der Waals surface area contributed by atoms with Gasteiger partial charge in [-0.1, -0.05) is 36.4 Å². The predicted octanol–water partition coefficient (Wildman–Crippen LogP) is 3.28. The standard InChI is InChI=1S/C18H23NO2/c1-14(21-18-10-6-9-17(12-18)20-2)16(13-19)11-15-7-4-3-5-8-15/h3-10,12,14,16H,11,13,19H2,1-2H3. The highest BCUT2D eigenvalue weighted by Gasteiger charge is 2.18. The SMILES string of the molecule is COc1cccc(OC(C)C(CN)Cc2ccccc2)c1. The van der Waals surface area contributed by atoms with E-state index in [0.717, 1.165) is 17.9 Å². The molecule has 0 bridgehead atoms. The second-order valence-corrected chi connectivity index (χ2v) is 5.19. The van der Waals surface area contributed by atoms with Crippen molar-refractivity contribution in [3.05, 3.63) is 60.2 Å². The van der Waals surface area contributed by atoms with Gasteiger partial charge in [0.2, 0.25) is 0 Å². The summed E-state index contributed by atoms with van der Waals surface area (Å²) in [5.41, 5.74) is 7.21. The minimum atomic E-state index is 0.0438. The minimum Gasteiger partial charge on any atom is -0.497 e. The van der Waals surface area contributed by atoms with E-state index in [9.17, 15) is 0 Å². The summed E-state index contributed by atoms with van der Waals surface area (Å²) in [4.78, 5) is 0. The van der Waals surface area contributed by atoms with Crippen molar-refractivity contribution in [3.8, 4) is 11.5 Å². The fourth-order valence-electron chi connectivity index (χ4n) is 2.34. The molecule has 0 saturated carbocycles. The first-order chi connectivity index (χ1) is 10.2. The first-order valence-corrected chi connectivity index (χ1v) is 7.27. The molecule has 0 aliphatic heterocycles. The van der Waals surface area contributed by atoms with E-state index in [1.165, 1.54) is 5.56 Å². The van der Waals surface area contributed by atoms with Crippen LogP contribution in [-0.2, 0) is 6.42 Å². The smallest absolute Gasteiger partial charge is 0.123 e. The van der Waals surface area contributed by atoms with Crippen molar-refractivity contribution in [1.29, 1.82) is 0 Å². The molecule has 0 aliphatic rings. The third-order valence-electron chi connectivity index (χ3n) is 3.67. The van der Waals surface area contributed by atoms with E-state index >= 15 is 0 Å². The minimum absolute atomic E-state index is 0.0438. The van der Waals surface area contributed by atoms with Crippen LogP contribution in [0, 0.1) is 5.92 Å². The van der Waals surface area contributed by atoms with Gasteiger partial charge >= 0.3 is 0 Å². The Balaban J connectivity index is 2.00. The number of benzene rings is 2. The summed E-state index contributed by atoms with van der Waals surface area (Å²) in [5, 5.41) is 0. The number of rotatable bonds is 7. The zero-order valence-electron chi connectivity index (χ0n) is 12.7. The maximum absolute atomic E-state index is 6.02. The van der Waals surface area contributed by atoms with Crippen LogP contribution in [0.4, 0.5) is 0 Å². The van der Waals surface area contributed by atoms with Crippen molar-refractivity contribution in [2.45, 2.75) is 19.4 Å². The number of methoxy groups -OCH3 is 1. The molecule has 3 heteroatoms. The number of nitrogens with two attached hydrogens (primary N) is 1. The van der Waals surface area contributed by atoms with Crippen molar-refractivity contribution in [1.82, 2.24) is 0 Å². The van der Waals surface area contributed by atoms with Crippen LogP contribution in [0.2, 0.25) is 0 Å². The van der Waals surface area contributed by atoms with Gasteiger partial charge in [0.1, 0.15) is 17.6 Å². The highest BCUT2D eigenvalue weighted by molar-refractivity contribution is 5.33. The van der Waals surface area contributed by atoms with E-state index in [2.05, 4.69) is 31.2 Å². The van der Waals surface area contributed by atoms with Crippen LogP contribution < -0.4 is 15.2 Å². The second kappa shape index (κ2) is 7.70. The summed E-state index contributed by atoms with van der Waals surface area (Å²) >= 11 is 0. The fraction of sp³-hybridized carbons (Fsp3) is 0.333. The van der Waals surface area contributed by atoms with Gasteiger partial charge in [0, 0.05) is 12.0 Å². The quantitative estimate of drug-likeness (QED) is 0.849. The zero-order valence-corrected chi connectivity index (χ0v) is 12.7. The van der Waals surface area contributed by atoms with Crippen LogP contribution >= 0.6 is 0 Å². The molecule has 0 radical (unpaired) electrons. The van der Waals surface area contributed by atoms with E-state index in [1.807, 2.05) is 30.3 Å². The van der Waals surface area contributed by atoms with Gasteiger partial charge in [-0.2, -0.15) is 0 Å². The normalized spacial score (nSPS) is 13.5. The summed E-state index contributed by atoms with van der Waals surface area (Å²) in [7, 11) is 1.65. The van der Waals surface area contributed by atoms with Gasteiger partial charge in [0.05, 0.1) is 7.11 Å². The molecule has 0 aromatic heterocycles. The highest BCUT2D eigenvalue weighted by Crippen LogP contribution is 2.22. The summed E-state index contributed by atoms with van der Waals surface area (Å²) in [6.45, 7) is 2.67. The Kier molecular flexibility index (Phi) is 5.64. The number of hydrogen-bond donors (Lipinski definition) is 1. The molecule has 2 rings (SSSR count). The zero-order chi connectivity index (χ0) is 15.1. The van der Waals surface area contributed by atoms with Crippen LogP contribution in [0.25, 0.3) is 0 Å². The fourth-order valence-corrected chi connectivity index (χ4v) is 2.34. The molecule has 0 saturated heterocycles. The van der Waals surface area contributed by atoms with Gasteiger partial charge in [-0.05, 0) is 37.6 Å². The topological polar surface area (TPSA) is 44.5 Å². The van der Waals surface area contributed by atoms with E-state index in [0.29, 0.717) is 6.54 Å². The number of hydrogen-bond acceptors (Lipinski definition) is 3. The molecule has 3 nitrogen and oxygen atoms in total. The molecule has 2 atom stereocenters. The highest BCUT2D eigenvalue weighted by atomic mass is 16.5. The van der Waals surface area contributed by atoms with Gasteiger partial charge in [-0.3, -0.25) is 0 Å². The van der Waals surface area contributed by atoms with E-state index in [-0.39, 0.29) is 12.0 Å². The molecule has 0 aliphatic carbocycles. The number of ether oxygens (including phenoxy) is 2. The third-order valence-corrected chi connectivity index (χ3v) is 3.67. The molecule has 2 unspecified atom stereocenters. The lowest BCUT2D eigenvalue weighted by atomic mass is 9.95. The van der Waals surface area contributed by atoms with Crippen LogP contribution in [0.3, 0.4) is 0 Å². The monoisotopic (exact) mass is 285 g/mol. The van der Waals surface area contributed by atoms with E-state index in [4.69, 9.17) is 15.2 Å². The Morgan fingerprint density at radius 3 is 2.38 bits per heavy atom. The predicted molar refractivity (Wildman–Crippen MR) is 85.8 cm³/mol. The van der Waals surface area contributed by atoms with Gasteiger partial charge in [-0.15, -0.1) is 0 Å². The first-order valence-electron chi connectivity index (χ1n) is 7.27. The Bertz CT molecular complexity index is 542. The maximum Gasteiger partial charge on any atom is 0.123 e. The Labute approximate surface area is 126 Å². The Hall–Kier alpha value is -2.00. The van der Waals surface area contributed by atoms with Crippen molar-refractivity contribution in [3.63, 3.8) is 0 Å². The average molecular weight is 285 g/mol. The van der Waals surface area contributed by atoms with Gasteiger partial charge in [0.15, 0.2) is 0 Å². The lowest BCUT2D eigenvalue weighted by molar-refractivity contribution is 0.154. The Morgan fingerprint density at radius 2 is 1.71 bits per heavy atom. The average Bonchev–Trinajstić information content (AvgIpc) is 2.53. The lowest BCUT2D eigenvalue weighted by Crippen LogP contribution is -2.31. The molecule has 0 fully saturated rings. The van der Waals surface area contributed by atoms with Gasteiger partial charge in [0.25, 0.3) is 0 Å². The van der Waals surface area contributed by atoms with Gasteiger partial charge in [-0.25, -0.2) is 0 Å². The molecule has 2 N–H and O–H groups in total. The van der Waals surface area contributed by atoms with Crippen LogP contribution in [0.15, 0.2) is 54.6 Å². The molecule has 0 heterocycles. The molecule has 2 aromatic rings. The van der Waals surface area contributed by atoms with Crippen molar-refractivity contribution < 1.29 is 9.47 Å². The molecule has 21 heavy (non-hydrogen) atoms. The maximum atomic E-state index is 6.02. The molecular weight excluding hydrogens is 262 g/mol. The second-order valence-electron chi connectivity index (χ2n) is 5.19. The molecule has 0 spiro atoms. The summed E-state index contributed by atoms with van der Waals surface area (Å²) < 4.78 is 11.2. The molecular formula is C18H23NO2. The third kappa shape index (κ3) is 4.50. The first kappa shape index (κ1) is 15.4. The van der Waals surface area contributed by atoms with Crippen LogP contribution in [0.1, 0.15) is 12.5 Å². The lowest BCUT2D eigenvalue weighted by Gasteiger charge is -2.24. The van der Waals surface area contributed by atoms with Crippen molar-refractivity contribution in [2.75, 3.05) is 13.7 Å². The molecule has 2 aromatic carbocycles.